The molecule has 1 fully saturated rings. The highest BCUT2D eigenvalue weighted by molar-refractivity contribution is 6.30. The molecule has 0 atom stereocenters. The van der Waals surface area contributed by atoms with E-state index in [2.05, 4.69) is 26.9 Å². The van der Waals surface area contributed by atoms with Gasteiger partial charge in [0.1, 0.15) is 0 Å². The predicted octanol–water partition coefficient (Wildman–Crippen LogP) is 3.50. The molecule has 25 heavy (non-hydrogen) atoms. The van der Waals surface area contributed by atoms with Gasteiger partial charge in [0.25, 0.3) is 5.56 Å². The van der Waals surface area contributed by atoms with Gasteiger partial charge < -0.3 is 9.88 Å². The second kappa shape index (κ2) is 6.90. The van der Waals surface area contributed by atoms with Crippen molar-refractivity contribution < 1.29 is 0 Å². The number of rotatable bonds is 3. The van der Waals surface area contributed by atoms with Crippen molar-refractivity contribution in [1.29, 1.82) is 0 Å². The van der Waals surface area contributed by atoms with E-state index in [0.29, 0.717) is 6.54 Å². The van der Waals surface area contributed by atoms with Gasteiger partial charge in [0.2, 0.25) is 0 Å². The van der Waals surface area contributed by atoms with E-state index in [0.717, 1.165) is 47.7 Å². The zero-order valence-corrected chi connectivity index (χ0v) is 14.7. The fraction of sp³-hybridized carbons (Fsp3) is 0.250. The zero-order valence-electron chi connectivity index (χ0n) is 13.9. The Morgan fingerprint density at radius 2 is 1.68 bits per heavy atom. The van der Waals surface area contributed by atoms with Crippen LogP contribution in [0.3, 0.4) is 0 Å². The second-order valence-electron chi connectivity index (χ2n) is 6.45. The number of fused-ring (bicyclic) bond motifs is 1. The molecule has 5 heteroatoms. The molecule has 3 aromatic rings. The number of nitrogens with zero attached hydrogens (tertiary/aromatic N) is 2. The summed E-state index contributed by atoms with van der Waals surface area (Å²) in [4.78, 5) is 20.0. The molecule has 0 radical (unpaired) electrons. The van der Waals surface area contributed by atoms with E-state index < -0.39 is 0 Å². The van der Waals surface area contributed by atoms with Crippen LogP contribution in [0.25, 0.3) is 10.9 Å². The number of benzene rings is 2. The van der Waals surface area contributed by atoms with Crippen LogP contribution < -0.4 is 10.5 Å². The summed E-state index contributed by atoms with van der Waals surface area (Å²) in [7, 11) is 0. The normalized spacial score (nSPS) is 15.6. The molecule has 1 aliphatic heterocycles. The number of nitrogens with one attached hydrogen (secondary N) is 1. The first-order chi connectivity index (χ1) is 12.2. The van der Waals surface area contributed by atoms with Crippen molar-refractivity contribution in [1.82, 2.24) is 9.88 Å². The van der Waals surface area contributed by atoms with E-state index in [9.17, 15) is 4.79 Å². The van der Waals surface area contributed by atoms with Crippen LogP contribution in [0.5, 0.6) is 0 Å². The molecule has 1 aromatic heterocycles. The van der Waals surface area contributed by atoms with Crippen LogP contribution in [0.1, 0.15) is 5.56 Å². The Morgan fingerprint density at radius 1 is 0.960 bits per heavy atom. The summed E-state index contributed by atoms with van der Waals surface area (Å²) in [5.74, 6) is 0. The molecule has 0 unspecified atom stereocenters. The lowest BCUT2D eigenvalue weighted by molar-refractivity contribution is 0.249. The Kier molecular flexibility index (Phi) is 4.47. The molecule has 4 nitrogen and oxygen atoms in total. The van der Waals surface area contributed by atoms with Gasteiger partial charge >= 0.3 is 0 Å². The van der Waals surface area contributed by atoms with E-state index >= 15 is 0 Å². The maximum Gasteiger partial charge on any atom is 0.252 e. The number of hydrogen-bond acceptors (Lipinski definition) is 3. The number of pyridine rings is 1. The van der Waals surface area contributed by atoms with Gasteiger partial charge in [0.15, 0.2) is 0 Å². The highest BCUT2D eigenvalue weighted by Gasteiger charge is 2.18. The van der Waals surface area contributed by atoms with Crippen molar-refractivity contribution in [2.45, 2.75) is 6.54 Å². The number of hydrogen-bond donors (Lipinski definition) is 1. The van der Waals surface area contributed by atoms with Crippen molar-refractivity contribution in [2.24, 2.45) is 0 Å². The number of H-pyrrole nitrogens is 1. The molecule has 2 heterocycles. The van der Waals surface area contributed by atoms with Gasteiger partial charge in [-0.2, -0.15) is 0 Å². The van der Waals surface area contributed by atoms with Crippen LogP contribution >= 0.6 is 11.6 Å². The number of aromatic amines is 1. The molecule has 0 spiro atoms. The molecule has 1 N–H and O–H groups in total. The van der Waals surface area contributed by atoms with Crippen molar-refractivity contribution in [3.8, 4) is 0 Å². The minimum Gasteiger partial charge on any atom is -0.369 e. The number of halogens is 1. The summed E-state index contributed by atoms with van der Waals surface area (Å²) in [6, 6.07) is 17.9. The topological polar surface area (TPSA) is 39.3 Å². The number of para-hydroxylation sites is 1. The van der Waals surface area contributed by atoms with E-state index in [-0.39, 0.29) is 5.56 Å². The lowest BCUT2D eigenvalue weighted by atomic mass is 10.1. The van der Waals surface area contributed by atoms with Crippen LogP contribution in [-0.2, 0) is 6.54 Å². The van der Waals surface area contributed by atoms with E-state index in [1.165, 1.54) is 5.69 Å². The summed E-state index contributed by atoms with van der Waals surface area (Å²) in [6.45, 7) is 4.47. The molecule has 0 amide bonds. The molecule has 1 aliphatic rings. The van der Waals surface area contributed by atoms with Gasteiger partial charge in [-0.15, -0.1) is 0 Å². The smallest absolute Gasteiger partial charge is 0.252 e. The fourth-order valence-corrected chi connectivity index (χ4v) is 3.49. The third-order valence-electron chi connectivity index (χ3n) is 4.79. The summed E-state index contributed by atoms with van der Waals surface area (Å²) in [5.41, 5.74) is 2.94. The van der Waals surface area contributed by atoms with Crippen LogP contribution in [-0.4, -0.2) is 36.1 Å². The largest absolute Gasteiger partial charge is 0.369 e. The van der Waals surface area contributed by atoms with Gasteiger partial charge in [0.05, 0.1) is 0 Å². The van der Waals surface area contributed by atoms with Crippen molar-refractivity contribution in [3.05, 3.63) is 75.5 Å². The minimum atomic E-state index is 0.0128. The monoisotopic (exact) mass is 353 g/mol. The van der Waals surface area contributed by atoms with E-state index in [1.807, 2.05) is 42.5 Å². The van der Waals surface area contributed by atoms with Gasteiger partial charge in [-0.1, -0.05) is 29.8 Å². The molecular weight excluding hydrogens is 334 g/mol. The fourth-order valence-electron chi connectivity index (χ4n) is 3.37. The Bertz CT molecular complexity index is 928. The molecular formula is C20H20ClN3O. The summed E-state index contributed by atoms with van der Waals surface area (Å²) >= 11 is 5.96. The Labute approximate surface area is 151 Å². The maximum absolute atomic E-state index is 12.3. The average molecular weight is 354 g/mol. The number of anilines is 1. The molecule has 0 saturated carbocycles. The number of aromatic nitrogens is 1. The molecule has 4 rings (SSSR count). The first kappa shape index (κ1) is 16.2. The summed E-state index contributed by atoms with van der Waals surface area (Å²) in [5, 5.41) is 1.84. The summed E-state index contributed by atoms with van der Waals surface area (Å²) < 4.78 is 0. The highest BCUT2D eigenvalue weighted by Crippen LogP contribution is 2.20. The van der Waals surface area contributed by atoms with Crippen molar-refractivity contribution in [3.63, 3.8) is 0 Å². The van der Waals surface area contributed by atoms with Crippen LogP contribution in [0.2, 0.25) is 5.02 Å². The van der Waals surface area contributed by atoms with E-state index in [1.54, 1.807) is 0 Å². The Hall–Kier alpha value is -2.30. The van der Waals surface area contributed by atoms with Crippen LogP contribution in [0, 0.1) is 0 Å². The van der Waals surface area contributed by atoms with Crippen LogP contribution in [0.4, 0.5) is 5.69 Å². The van der Waals surface area contributed by atoms with Gasteiger partial charge in [-0.25, -0.2) is 0 Å². The zero-order chi connectivity index (χ0) is 17.2. The first-order valence-electron chi connectivity index (χ1n) is 8.53. The SMILES string of the molecule is O=c1[nH]c2ccccc2cc1CN1CCN(c2ccc(Cl)cc2)CC1. The Balaban J connectivity index is 1.44. The molecule has 2 aromatic carbocycles. The van der Waals surface area contributed by atoms with Gasteiger partial charge in [-0.05, 0) is 41.8 Å². The van der Waals surface area contributed by atoms with Crippen molar-refractivity contribution >= 4 is 28.2 Å². The van der Waals surface area contributed by atoms with Crippen LogP contribution in [0.15, 0.2) is 59.4 Å². The lowest BCUT2D eigenvalue weighted by Crippen LogP contribution is -2.46. The third-order valence-corrected chi connectivity index (χ3v) is 5.04. The first-order valence-corrected chi connectivity index (χ1v) is 8.91. The Morgan fingerprint density at radius 3 is 2.44 bits per heavy atom. The molecule has 1 saturated heterocycles. The second-order valence-corrected chi connectivity index (χ2v) is 6.89. The highest BCUT2D eigenvalue weighted by atomic mass is 35.5. The number of piperazine rings is 1. The minimum absolute atomic E-state index is 0.0128. The molecule has 0 aliphatic carbocycles. The lowest BCUT2D eigenvalue weighted by Gasteiger charge is -2.36. The van der Waals surface area contributed by atoms with E-state index in [4.69, 9.17) is 11.6 Å². The standard InChI is InChI=1S/C20H20ClN3O/c21-17-5-7-18(8-6-17)24-11-9-23(10-12-24)14-16-13-15-3-1-2-4-19(15)22-20(16)25/h1-8,13H,9-12,14H2,(H,22,25). The molecule has 0 bridgehead atoms. The maximum atomic E-state index is 12.3. The predicted molar refractivity (Wildman–Crippen MR) is 104 cm³/mol. The average Bonchev–Trinajstić information content (AvgIpc) is 2.64. The summed E-state index contributed by atoms with van der Waals surface area (Å²) in [6.07, 6.45) is 0. The molecule has 128 valence electrons. The van der Waals surface area contributed by atoms with Gasteiger partial charge in [-0.3, -0.25) is 9.69 Å². The quantitative estimate of drug-likeness (QED) is 0.783. The van der Waals surface area contributed by atoms with Crippen molar-refractivity contribution in [2.75, 3.05) is 31.1 Å². The van der Waals surface area contributed by atoms with Gasteiger partial charge in [0, 0.05) is 54.5 Å². The third kappa shape index (κ3) is 3.55.